The average Bonchev–Trinajstić information content (AvgIpc) is 3.52. The Morgan fingerprint density at radius 3 is 2.29 bits per heavy atom. The molecule has 3 aromatic heterocycles. The van der Waals surface area contributed by atoms with Gasteiger partial charge in [-0.15, -0.1) is 0 Å². The van der Waals surface area contributed by atoms with Crippen molar-refractivity contribution in [2.24, 2.45) is 7.05 Å². The minimum atomic E-state index is 0.367. The van der Waals surface area contributed by atoms with E-state index in [9.17, 15) is 0 Å². The van der Waals surface area contributed by atoms with E-state index in [0.717, 1.165) is 44.9 Å². The van der Waals surface area contributed by atoms with Crippen molar-refractivity contribution in [2.45, 2.75) is 58.3 Å². The first-order valence-electron chi connectivity index (χ1n) is 12.9. The molecule has 0 spiro atoms. The molecule has 0 N–H and O–H groups in total. The number of furan rings is 1. The summed E-state index contributed by atoms with van der Waals surface area (Å²) in [5.74, 6) is 1.12. The number of rotatable bonds is 4. The van der Waals surface area contributed by atoms with Crippen LogP contribution in [0.25, 0.3) is 44.5 Å². The molecule has 0 radical (unpaired) electrons. The zero-order valence-electron chi connectivity index (χ0n) is 21.1. The van der Waals surface area contributed by atoms with Gasteiger partial charge >= 0.3 is 0 Å². The van der Waals surface area contributed by atoms with Crippen LogP contribution in [0, 0.1) is 6.92 Å². The molecule has 0 bridgehead atoms. The highest BCUT2D eigenvalue weighted by Gasteiger charge is 2.22. The largest absolute Gasteiger partial charge is 0.437 e. The minimum absolute atomic E-state index is 0.367. The Hall–Kier alpha value is -3.46. The van der Waals surface area contributed by atoms with Crippen LogP contribution >= 0.6 is 0 Å². The average molecular weight is 462 g/mol. The van der Waals surface area contributed by atoms with E-state index in [-0.39, 0.29) is 0 Å². The monoisotopic (exact) mass is 461 g/mol. The molecule has 0 amide bonds. The summed E-state index contributed by atoms with van der Waals surface area (Å²) in [5.41, 5.74) is 10.2. The van der Waals surface area contributed by atoms with Crippen LogP contribution in [0.1, 0.15) is 68.2 Å². The number of hydrogen-bond acceptors (Lipinski definition) is 2. The van der Waals surface area contributed by atoms with Gasteiger partial charge in [0.05, 0.1) is 5.56 Å². The number of aromatic nitrogens is 2. The van der Waals surface area contributed by atoms with E-state index >= 15 is 0 Å². The third-order valence-corrected chi connectivity index (χ3v) is 7.79. The van der Waals surface area contributed by atoms with Gasteiger partial charge in [-0.25, -0.2) is 9.55 Å². The SMILES string of the molecule is Cc1ccc2c(oc3nc(C(C)C)ccc32)c1-c1ccc(-c2ccc(C3CCCC3)cc2)c[n+]1C. The fraction of sp³-hybridized carbons (Fsp3) is 0.312. The van der Waals surface area contributed by atoms with Crippen molar-refractivity contribution in [1.82, 2.24) is 4.98 Å². The number of aryl methyl sites for hydroxylation is 2. The molecule has 6 rings (SSSR count). The molecule has 3 heterocycles. The molecule has 1 aliphatic carbocycles. The van der Waals surface area contributed by atoms with Gasteiger partial charge < -0.3 is 4.42 Å². The van der Waals surface area contributed by atoms with Crippen LogP contribution in [0.3, 0.4) is 0 Å². The van der Waals surface area contributed by atoms with E-state index in [0.29, 0.717) is 5.92 Å². The van der Waals surface area contributed by atoms with Crippen molar-refractivity contribution in [3.05, 3.63) is 83.7 Å². The summed E-state index contributed by atoms with van der Waals surface area (Å²) in [5, 5.41) is 2.20. The molecular weight excluding hydrogens is 428 g/mol. The third-order valence-electron chi connectivity index (χ3n) is 7.79. The van der Waals surface area contributed by atoms with Gasteiger partial charge in [0.1, 0.15) is 7.05 Å². The van der Waals surface area contributed by atoms with Gasteiger partial charge in [0.15, 0.2) is 11.8 Å². The van der Waals surface area contributed by atoms with Crippen LogP contribution in [0.15, 0.2) is 71.3 Å². The highest BCUT2D eigenvalue weighted by atomic mass is 16.3. The Morgan fingerprint density at radius 2 is 1.57 bits per heavy atom. The normalized spacial score (nSPS) is 14.5. The molecule has 35 heavy (non-hydrogen) atoms. The molecule has 3 nitrogen and oxygen atoms in total. The van der Waals surface area contributed by atoms with E-state index in [1.165, 1.54) is 47.9 Å². The summed E-state index contributed by atoms with van der Waals surface area (Å²) < 4.78 is 8.64. The summed E-state index contributed by atoms with van der Waals surface area (Å²) >= 11 is 0. The van der Waals surface area contributed by atoms with E-state index in [1.54, 1.807) is 0 Å². The van der Waals surface area contributed by atoms with Crippen LogP contribution < -0.4 is 4.57 Å². The Bertz CT molecular complexity index is 1540. The van der Waals surface area contributed by atoms with Crippen molar-refractivity contribution < 1.29 is 8.98 Å². The Balaban J connectivity index is 1.41. The lowest BCUT2D eigenvalue weighted by molar-refractivity contribution is -0.659. The van der Waals surface area contributed by atoms with Gasteiger partial charge in [0, 0.05) is 28.1 Å². The number of fused-ring (bicyclic) bond motifs is 3. The summed E-state index contributed by atoms with van der Waals surface area (Å²) in [6, 6.07) is 22.3. The highest BCUT2D eigenvalue weighted by molar-refractivity contribution is 6.08. The number of pyridine rings is 2. The minimum Gasteiger partial charge on any atom is -0.437 e. The lowest BCUT2D eigenvalue weighted by atomic mass is 9.95. The zero-order valence-corrected chi connectivity index (χ0v) is 21.1. The summed E-state index contributed by atoms with van der Waals surface area (Å²) in [7, 11) is 2.13. The Labute approximate surface area is 207 Å². The van der Waals surface area contributed by atoms with E-state index < -0.39 is 0 Å². The first-order chi connectivity index (χ1) is 17.0. The van der Waals surface area contributed by atoms with E-state index in [1.807, 2.05) is 0 Å². The van der Waals surface area contributed by atoms with Gasteiger partial charge in [-0.3, -0.25) is 0 Å². The molecule has 0 unspecified atom stereocenters. The fourth-order valence-corrected chi connectivity index (χ4v) is 5.72. The molecule has 5 aromatic rings. The maximum atomic E-state index is 6.42. The first-order valence-corrected chi connectivity index (χ1v) is 12.9. The van der Waals surface area contributed by atoms with Gasteiger partial charge in [0.2, 0.25) is 11.4 Å². The number of benzene rings is 2. The standard InChI is InChI=1S/C32H33N2O/c1-20(2)28-17-16-27-26-15-9-21(3)30(31(26)35-32(27)33-28)29-18-14-25(19-34(29)4)24-12-10-23(11-13-24)22-7-5-6-8-22/h9-20,22H,5-8H2,1-4H3/q+1. The highest BCUT2D eigenvalue weighted by Crippen LogP contribution is 2.38. The molecule has 1 fully saturated rings. The molecule has 176 valence electrons. The second-order valence-corrected chi connectivity index (χ2v) is 10.5. The van der Waals surface area contributed by atoms with Gasteiger partial charge in [0.25, 0.3) is 0 Å². The number of nitrogens with zero attached hydrogens (tertiary/aromatic N) is 2. The third kappa shape index (κ3) is 3.83. The van der Waals surface area contributed by atoms with Crippen LogP contribution in [0.4, 0.5) is 0 Å². The maximum absolute atomic E-state index is 6.42. The van der Waals surface area contributed by atoms with Crippen molar-refractivity contribution in [1.29, 1.82) is 0 Å². The molecule has 1 aliphatic rings. The van der Waals surface area contributed by atoms with Crippen LogP contribution in [0.2, 0.25) is 0 Å². The second kappa shape index (κ2) is 8.64. The molecule has 1 saturated carbocycles. The number of hydrogen-bond donors (Lipinski definition) is 0. The van der Waals surface area contributed by atoms with Crippen molar-refractivity contribution in [2.75, 3.05) is 0 Å². The maximum Gasteiger partial charge on any atom is 0.227 e. The fourth-order valence-electron chi connectivity index (χ4n) is 5.72. The molecular formula is C32H33N2O+. The Morgan fingerprint density at radius 1 is 0.857 bits per heavy atom. The van der Waals surface area contributed by atoms with Gasteiger partial charge in [-0.05, 0) is 66.5 Å². The topological polar surface area (TPSA) is 29.9 Å². The summed E-state index contributed by atoms with van der Waals surface area (Å²) in [6.07, 6.45) is 7.65. The van der Waals surface area contributed by atoms with Crippen LogP contribution in [-0.2, 0) is 7.05 Å². The second-order valence-electron chi connectivity index (χ2n) is 10.5. The van der Waals surface area contributed by atoms with Crippen molar-refractivity contribution >= 4 is 22.1 Å². The molecule has 0 atom stereocenters. The molecule has 3 heteroatoms. The predicted molar refractivity (Wildman–Crippen MR) is 144 cm³/mol. The van der Waals surface area contributed by atoms with Crippen LogP contribution in [-0.4, -0.2) is 4.98 Å². The molecule has 0 aliphatic heterocycles. The first kappa shape index (κ1) is 22.0. The summed E-state index contributed by atoms with van der Waals surface area (Å²) in [4.78, 5) is 4.81. The van der Waals surface area contributed by atoms with Crippen molar-refractivity contribution in [3.8, 4) is 22.4 Å². The van der Waals surface area contributed by atoms with Crippen LogP contribution in [0.5, 0.6) is 0 Å². The smallest absolute Gasteiger partial charge is 0.227 e. The quantitative estimate of drug-likeness (QED) is 0.252. The molecule has 2 aromatic carbocycles. The van der Waals surface area contributed by atoms with Gasteiger partial charge in [-0.2, -0.15) is 0 Å². The molecule has 0 saturated heterocycles. The predicted octanol–water partition coefficient (Wildman–Crippen LogP) is 8.23. The Kier molecular flexibility index (Phi) is 5.44. The lowest BCUT2D eigenvalue weighted by Crippen LogP contribution is -2.31. The van der Waals surface area contributed by atoms with E-state index in [2.05, 4.69) is 99.2 Å². The van der Waals surface area contributed by atoms with Gasteiger partial charge in [-0.1, -0.05) is 63.1 Å². The lowest BCUT2D eigenvalue weighted by Gasteiger charge is -2.10. The van der Waals surface area contributed by atoms with E-state index in [4.69, 9.17) is 9.40 Å². The summed E-state index contributed by atoms with van der Waals surface area (Å²) in [6.45, 7) is 6.48. The zero-order chi connectivity index (χ0) is 24.1. The van der Waals surface area contributed by atoms with Crippen molar-refractivity contribution in [3.63, 3.8) is 0 Å².